The van der Waals surface area contributed by atoms with E-state index in [-0.39, 0.29) is 11.9 Å². The van der Waals surface area contributed by atoms with Crippen LogP contribution >= 0.6 is 0 Å². The molecule has 0 fully saturated rings. The first-order chi connectivity index (χ1) is 25.7. The van der Waals surface area contributed by atoms with Crippen LogP contribution in [-0.2, 0) is 9.53 Å². The smallest absolute Gasteiger partial charge is 0.308 e. The predicted octanol–water partition coefficient (Wildman–Crippen LogP) is 18.2. The number of esters is 1. The minimum absolute atomic E-state index is 0.129. The van der Waals surface area contributed by atoms with Gasteiger partial charge in [0.1, 0.15) is 0 Å². The molecule has 2 atom stereocenters. The van der Waals surface area contributed by atoms with Gasteiger partial charge in [0, 0.05) is 0 Å². The zero-order valence-corrected chi connectivity index (χ0v) is 36.9. The van der Waals surface area contributed by atoms with Gasteiger partial charge in [-0.1, -0.05) is 272 Å². The molecule has 0 aromatic heterocycles. The van der Waals surface area contributed by atoms with Crippen molar-refractivity contribution in [1.29, 1.82) is 0 Å². The Labute approximate surface area is 330 Å². The van der Waals surface area contributed by atoms with Crippen molar-refractivity contribution in [2.45, 2.75) is 297 Å². The predicted molar refractivity (Wildman–Crippen MR) is 235 cm³/mol. The summed E-state index contributed by atoms with van der Waals surface area (Å²) >= 11 is 0. The zero-order valence-electron chi connectivity index (χ0n) is 36.9. The third kappa shape index (κ3) is 39.2. The van der Waals surface area contributed by atoms with Gasteiger partial charge < -0.3 is 4.74 Å². The Hall–Kier alpha value is -0.530. The molecular formula is C50H100O2. The largest absolute Gasteiger partial charge is 0.465 e. The second-order valence-corrected chi connectivity index (χ2v) is 17.4. The number of hydrogen-bond donors (Lipinski definition) is 0. The summed E-state index contributed by atoms with van der Waals surface area (Å²) < 4.78 is 6.27. The fourth-order valence-electron chi connectivity index (χ4n) is 8.25. The van der Waals surface area contributed by atoms with Gasteiger partial charge in [-0.05, 0) is 31.6 Å². The van der Waals surface area contributed by atoms with Crippen molar-refractivity contribution in [3.63, 3.8) is 0 Å². The average molecular weight is 733 g/mol. The summed E-state index contributed by atoms with van der Waals surface area (Å²) in [6.07, 6.45) is 56.7. The molecule has 0 saturated carbocycles. The van der Waals surface area contributed by atoms with Crippen LogP contribution in [0.1, 0.15) is 297 Å². The molecule has 52 heavy (non-hydrogen) atoms. The van der Waals surface area contributed by atoms with Gasteiger partial charge in [0.15, 0.2) is 0 Å². The first-order valence-electron chi connectivity index (χ1n) is 24.9. The molecule has 0 aromatic rings. The van der Waals surface area contributed by atoms with Crippen LogP contribution in [-0.4, -0.2) is 12.6 Å². The number of rotatable bonds is 45. The van der Waals surface area contributed by atoms with Crippen LogP contribution in [0.4, 0.5) is 0 Å². The normalized spacial score (nSPS) is 12.8. The van der Waals surface area contributed by atoms with Crippen LogP contribution in [0, 0.1) is 11.8 Å². The van der Waals surface area contributed by atoms with E-state index in [1.54, 1.807) is 0 Å². The number of carbonyl (C=O) groups is 1. The standard InChI is InChI=1S/C50H100O2/c1-5-9-13-17-21-25-27-28-29-32-36-40-44-48(43-39-35-31-23-19-15-11-7-3)47-52-50(51)49(45-41-37-33-24-20-16-12-8-4)46-42-38-34-30-26-22-18-14-10-6-2/h48-49H,5-47H2,1-4H3. The maximum Gasteiger partial charge on any atom is 0.308 e. The Morgan fingerprint density at radius 2 is 0.519 bits per heavy atom. The maximum atomic E-state index is 13.6. The Morgan fingerprint density at radius 3 is 0.769 bits per heavy atom. The fourth-order valence-corrected chi connectivity index (χ4v) is 8.25. The SMILES string of the molecule is CCCCCCCCCCCCCCC(CCCCCCCCCC)COC(=O)C(CCCCCCCCCC)CCCCCCCCCCCC. The summed E-state index contributed by atoms with van der Waals surface area (Å²) in [6.45, 7) is 9.89. The maximum absolute atomic E-state index is 13.6. The summed E-state index contributed by atoms with van der Waals surface area (Å²) in [6, 6.07) is 0. The van der Waals surface area contributed by atoms with Gasteiger partial charge in [0.2, 0.25) is 0 Å². The second-order valence-electron chi connectivity index (χ2n) is 17.4. The topological polar surface area (TPSA) is 26.3 Å². The second kappa shape index (κ2) is 44.9. The Kier molecular flexibility index (Phi) is 44.4. The molecule has 0 aliphatic rings. The molecule has 0 rings (SSSR count). The lowest BCUT2D eigenvalue weighted by atomic mass is 9.93. The average Bonchev–Trinajstić information content (AvgIpc) is 3.15. The van der Waals surface area contributed by atoms with Gasteiger partial charge in [-0.25, -0.2) is 0 Å². The monoisotopic (exact) mass is 733 g/mol. The summed E-state index contributed by atoms with van der Waals surface area (Å²) in [7, 11) is 0. The van der Waals surface area contributed by atoms with Crippen LogP contribution in [0.15, 0.2) is 0 Å². The highest BCUT2D eigenvalue weighted by atomic mass is 16.5. The van der Waals surface area contributed by atoms with Crippen molar-refractivity contribution < 1.29 is 9.53 Å². The van der Waals surface area contributed by atoms with E-state index in [2.05, 4.69) is 27.7 Å². The van der Waals surface area contributed by atoms with Gasteiger partial charge in [-0.15, -0.1) is 0 Å². The third-order valence-corrected chi connectivity index (χ3v) is 12.0. The molecule has 0 radical (unpaired) electrons. The lowest BCUT2D eigenvalue weighted by Gasteiger charge is -2.21. The van der Waals surface area contributed by atoms with E-state index in [1.807, 2.05) is 0 Å². The molecule has 0 amide bonds. The Morgan fingerprint density at radius 1 is 0.308 bits per heavy atom. The van der Waals surface area contributed by atoms with Gasteiger partial charge in [0.25, 0.3) is 0 Å². The summed E-state index contributed by atoms with van der Waals surface area (Å²) in [5, 5.41) is 0. The van der Waals surface area contributed by atoms with E-state index in [0.29, 0.717) is 12.5 Å². The molecule has 2 nitrogen and oxygen atoms in total. The fraction of sp³-hybridized carbons (Fsp3) is 0.980. The number of ether oxygens (including phenoxy) is 1. The van der Waals surface area contributed by atoms with Gasteiger partial charge >= 0.3 is 5.97 Å². The van der Waals surface area contributed by atoms with Crippen LogP contribution in [0.25, 0.3) is 0 Å². The van der Waals surface area contributed by atoms with E-state index < -0.39 is 0 Å². The minimum Gasteiger partial charge on any atom is -0.465 e. The van der Waals surface area contributed by atoms with Crippen molar-refractivity contribution in [3.8, 4) is 0 Å². The minimum atomic E-state index is 0.129. The Balaban J connectivity index is 4.73. The van der Waals surface area contributed by atoms with E-state index in [1.165, 1.54) is 257 Å². The number of hydrogen-bond acceptors (Lipinski definition) is 2. The molecule has 2 unspecified atom stereocenters. The van der Waals surface area contributed by atoms with Crippen LogP contribution < -0.4 is 0 Å². The molecule has 0 aromatic carbocycles. The van der Waals surface area contributed by atoms with Gasteiger partial charge in [-0.3, -0.25) is 4.79 Å². The highest BCUT2D eigenvalue weighted by Gasteiger charge is 2.21. The zero-order chi connectivity index (χ0) is 37.8. The molecule has 0 spiro atoms. The summed E-state index contributed by atoms with van der Waals surface area (Å²) in [4.78, 5) is 13.6. The van der Waals surface area contributed by atoms with Crippen LogP contribution in [0.2, 0.25) is 0 Å². The molecule has 0 heterocycles. The lowest BCUT2D eigenvalue weighted by molar-refractivity contribution is -0.150. The summed E-state index contributed by atoms with van der Waals surface area (Å²) in [5.41, 5.74) is 0. The molecule has 2 heteroatoms. The van der Waals surface area contributed by atoms with Crippen molar-refractivity contribution in [2.75, 3.05) is 6.61 Å². The highest BCUT2D eigenvalue weighted by molar-refractivity contribution is 5.72. The van der Waals surface area contributed by atoms with Crippen molar-refractivity contribution in [3.05, 3.63) is 0 Å². The van der Waals surface area contributed by atoms with Gasteiger partial charge in [-0.2, -0.15) is 0 Å². The Bertz CT molecular complexity index is 659. The molecule has 0 aliphatic heterocycles. The van der Waals surface area contributed by atoms with E-state index in [4.69, 9.17) is 4.74 Å². The van der Waals surface area contributed by atoms with Crippen LogP contribution in [0.3, 0.4) is 0 Å². The molecule has 312 valence electrons. The lowest BCUT2D eigenvalue weighted by Crippen LogP contribution is -2.22. The van der Waals surface area contributed by atoms with Crippen molar-refractivity contribution in [1.82, 2.24) is 0 Å². The molecular weight excluding hydrogens is 633 g/mol. The van der Waals surface area contributed by atoms with E-state index in [9.17, 15) is 4.79 Å². The highest BCUT2D eigenvalue weighted by Crippen LogP contribution is 2.24. The quantitative estimate of drug-likeness (QED) is 0.0460. The van der Waals surface area contributed by atoms with Gasteiger partial charge in [0.05, 0.1) is 12.5 Å². The van der Waals surface area contributed by atoms with Crippen LogP contribution in [0.5, 0.6) is 0 Å². The van der Waals surface area contributed by atoms with E-state index >= 15 is 0 Å². The first kappa shape index (κ1) is 51.5. The number of carbonyl (C=O) groups excluding carboxylic acids is 1. The van der Waals surface area contributed by atoms with Crippen molar-refractivity contribution >= 4 is 5.97 Å². The van der Waals surface area contributed by atoms with E-state index in [0.717, 1.165) is 12.8 Å². The molecule has 0 N–H and O–H groups in total. The molecule has 0 aliphatic carbocycles. The third-order valence-electron chi connectivity index (χ3n) is 12.0. The van der Waals surface area contributed by atoms with Crippen molar-refractivity contribution in [2.24, 2.45) is 11.8 Å². The number of unbranched alkanes of at least 4 members (excludes halogenated alkanes) is 34. The summed E-state index contributed by atoms with van der Waals surface area (Å²) in [5.74, 6) is 0.840. The first-order valence-corrected chi connectivity index (χ1v) is 24.9. The molecule has 0 bridgehead atoms. The molecule has 0 saturated heterocycles.